The lowest BCUT2D eigenvalue weighted by Gasteiger charge is -2.23. The number of aryl methyl sites for hydroxylation is 1. The first-order valence-corrected chi connectivity index (χ1v) is 12.5. The van der Waals surface area contributed by atoms with Crippen molar-refractivity contribution >= 4 is 28.4 Å². The number of hydrogen-bond acceptors (Lipinski definition) is 3. The first kappa shape index (κ1) is 24.7. The molecule has 1 atom stereocenters. The number of aromatic nitrogens is 1. The van der Waals surface area contributed by atoms with Gasteiger partial charge in [0.1, 0.15) is 11.5 Å². The van der Waals surface area contributed by atoms with Crippen molar-refractivity contribution in [3.8, 4) is 0 Å². The van der Waals surface area contributed by atoms with E-state index < -0.39 is 5.82 Å². The van der Waals surface area contributed by atoms with E-state index in [2.05, 4.69) is 16.7 Å². The van der Waals surface area contributed by atoms with Crippen molar-refractivity contribution in [3.63, 3.8) is 0 Å². The number of nitrogens with one attached hydrogen (secondary N) is 2. The first-order chi connectivity index (χ1) is 17.8. The van der Waals surface area contributed by atoms with Crippen molar-refractivity contribution in [1.29, 1.82) is 0 Å². The second-order valence-electron chi connectivity index (χ2n) is 9.92. The van der Waals surface area contributed by atoms with Crippen LogP contribution in [0, 0.1) is 12.7 Å². The number of benzene rings is 3. The Bertz CT molecular complexity index is 1450. The molecule has 0 spiro atoms. The molecule has 1 aromatic heterocycles. The van der Waals surface area contributed by atoms with Gasteiger partial charge in [0.15, 0.2) is 0 Å². The molecule has 2 N–H and O–H groups in total. The first-order valence-electron chi connectivity index (χ1n) is 12.5. The lowest BCUT2D eigenvalue weighted by molar-refractivity contribution is 0.0205. The summed E-state index contributed by atoms with van der Waals surface area (Å²) in [6.07, 6.45) is 1.91. The standard InChI is InChI=1S/C30H30FN3O3/c1-20-5-3-6-21(15-20)18-34-26-12-11-25(33-28(35)22-7-9-24(31)10-8-22)16-23(26)17-27(34)29(36)32-19-30(2)13-4-14-37-30/h3,5-12,15-17H,4,13-14,18-19H2,1-2H3,(H,32,36)(H,33,35)/t30-/m0/s1. The minimum absolute atomic E-state index is 0.169. The number of fused-ring (bicyclic) bond motifs is 1. The van der Waals surface area contributed by atoms with Gasteiger partial charge in [0.2, 0.25) is 0 Å². The smallest absolute Gasteiger partial charge is 0.268 e. The van der Waals surface area contributed by atoms with Crippen LogP contribution in [0.25, 0.3) is 10.9 Å². The van der Waals surface area contributed by atoms with E-state index in [-0.39, 0.29) is 17.4 Å². The summed E-state index contributed by atoms with van der Waals surface area (Å²) in [7, 11) is 0. The van der Waals surface area contributed by atoms with Crippen LogP contribution < -0.4 is 10.6 Å². The summed E-state index contributed by atoms with van der Waals surface area (Å²) in [6, 6.07) is 21.0. The fourth-order valence-corrected chi connectivity index (χ4v) is 4.84. The maximum Gasteiger partial charge on any atom is 0.268 e. The van der Waals surface area contributed by atoms with E-state index in [9.17, 15) is 14.0 Å². The molecular weight excluding hydrogens is 469 g/mol. The van der Waals surface area contributed by atoms with E-state index >= 15 is 0 Å². The van der Waals surface area contributed by atoms with E-state index in [1.54, 1.807) is 0 Å². The molecule has 1 aliphatic heterocycles. The van der Waals surface area contributed by atoms with Gasteiger partial charge in [-0.1, -0.05) is 29.8 Å². The minimum atomic E-state index is -0.396. The van der Waals surface area contributed by atoms with Crippen molar-refractivity contribution in [2.45, 2.75) is 38.8 Å². The Morgan fingerprint density at radius 2 is 1.84 bits per heavy atom. The Balaban J connectivity index is 1.45. The van der Waals surface area contributed by atoms with Gasteiger partial charge in [-0.25, -0.2) is 4.39 Å². The number of amides is 2. The molecule has 1 fully saturated rings. The summed E-state index contributed by atoms with van der Waals surface area (Å²) in [6.45, 7) is 5.76. The molecule has 0 saturated carbocycles. The van der Waals surface area contributed by atoms with Crippen LogP contribution in [0.3, 0.4) is 0 Å². The van der Waals surface area contributed by atoms with Crippen LogP contribution in [0.4, 0.5) is 10.1 Å². The predicted octanol–water partition coefficient (Wildman–Crippen LogP) is 5.69. The number of ether oxygens (including phenoxy) is 1. The van der Waals surface area contributed by atoms with Crippen LogP contribution in [0.5, 0.6) is 0 Å². The van der Waals surface area contributed by atoms with Gasteiger partial charge in [0, 0.05) is 41.9 Å². The van der Waals surface area contributed by atoms with E-state index in [1.807, 2.05) is 60.9 Å². The summed E-state index contributed by atoms with van der Waals surface area (Å²) in [4.78, 5) is 26.0. The van der Waals surface area contributed by atoms with Crippen molar-refractivity contribution in [2.24, 2.45) is 0 Å². The van der Waals surface area contributed by atoms with Crippen LogP contribution in [0.1, 0.15) is 51.7 Å². The van der Waals surface area contributed by atoms with Gasteiger partial charge in [-0.3, -0.25) is 9.59 Å². The molecular formula is C30H30FN3O3. The van der Waals surface area contributed by atoms with Crippen LogP contribution >= 0.6 is 0 Å². The summed E-state index contributed by atoms with van der Waals surface area (Å²) < 4.78 is 21.1. The number of carbonyl (C=O) groups excluding carboxylic acids is 2. The highest BCUT2D eigenvalue weighted by Crippen LogP contribution is 2.27. The quantitative estimate of drug-likeness (QED) is 0.343. The fourth-order valence-electron chi connectivity index (χ4n) is 4.84. The zero-order chi connectivity index (χ0) is 26.0. The number of carbonyl (C=O) groups is 2. The molecule has 6 nitrogen and oxygen atoms in total. The Morgan fingerprint density at radius 1 is 1.03 bits per heavy atom. The van der Waals surface area contributed by atoms with Gasteiger partial charge in [-0.2, -0.15) is 0 Å². The maximum absolute atomic E-state index is 13.4. The lowest BCUT2D eigenvalue weighted by atomic mass is 10.0. The molecule has 1 aliphatic rings. The van der Waals surface area contributed by atoms with Gasteiger partial charge in [-0.15, -0.1) is 0 Å². The second kappa shape index (κ2) is 10.2. The third-order valence-electron chi connectivity index (χ3n) is 6.84. The molecule has 7 heteroatoms. The number of halogens is 1. The van der Waals surface area contributed by atoms with Crippen molar-refractivity contribution < 1.29 is 18.7 Å². The van der Waals surface area contributed by atoms with E-state index in [0.717, 1.165) is 34.9 Å². The lowest BCUT2D eigenvalue weighted by Crippen LogP contribution is -2.40. The molecule has 190 valence electrons. The van der Waals surface area contributed by atoms with Crippen LogP contribution in [0.2, 0.25) is 0 Å². The third-order valence-corrected chi connectivity index (χ3v) is 6.84. The minimum Gasteiger partial charge on any atom is -0.373 e. The van der Waals surface area contributed by atoms with Gasteiger partial charge in [0.05, 0.1) is 5.60 Å². The van der Waals surface area contributed by atoms with Gasteiger partial charge < -0.3 is 19.9 Å². The largest absolute Gasteiger partial charge is 0.373 e. The fraction of sp³-hybridized carbons (Fsp3) is 0.267. The molecule has 0 bridgehead atoms. The molecule has 2 amide bonds. The summed E-state index contributed by atoms with van der Waals surface area (Å²) in [5, 5.41) is 6.76. The van der Waals surface area contributed by atoms with Crippen LogP contribution in [-0.4, -0.2) is 35.1 Å². The maximum atomic E-state index is 13.4. The van der Waals surface area contributed by atoms with Gasteiger partial charge in [0.25, 0.3) is 11.8 Å². The Morgan fingerprint density at radius 3 is 2.57 bits per heavy atom. The molecule has 1 saturated heterocycles. The topological polar surface area (TPSA) is 72.4 Å². The Kier molecular flexibility index (Phi) is 6.80. The number of nitrogens with zero attached hydrogens (tertiary/aromatic N) is 1. The molecule has 2 heterocycles. The number of rotatable bonds is 7. The molecule has 5 rings (SSSR count). The second-order valence-corrected chi connectivity index (χ2v) is 9.92. The van der Waals surface area contributed by atoms with Crippen molar-refractivity contribution in [1.82, 2.24) is 9.88 Å². The van der Waals surface area contributed by atoms with Crippen LogP contribution in [-0.2, 0) is 11.3 Å². The normalized spacial score (nSPS) is 17.2. The summed E-state index contributed by atoms with van der Waals surface area (Å²) >= 11 is 0. The molecule has 3 aromatic carbocycles. The van der Waals surface area contributed by atoms with Gasteiger partial charge in [-0.05, 0) is 80.8 Å². The number of hydrogen-bond donors (Lipinski definition) is 2. The predicted molar refractivity (Wildman–Crippen MR) is 142 cm³/mol. The molecule has 0 unspecified atom stereocenters. The third kappa shape index (κ3) is 5.57. The summed E-state index contributed by atoms with van der Waals surface area (Å²) in [5.74, 6) is -0.897. The molecule has 0 aliphatic carbocycles. The molecule has 4 aromatic rings. The molecule has 0 radical (unpaired) electrons. The molecule has 37 heavy (non-hydrogen) atoms. The van der Waals surface area contributed by atoms with Crippen LogP contribution in [0.15, 0.2) is 72.8 Å². The van der Waals surface area contributed by atoms with Crippen molar-refractivity contribution in [2.75, 3.05) is 18.5 Å². The number of anilines is 1. The highest BCUT2D eigenvalue weighted by molar-refractivity contribution is 6.06. The zero-order valence-electron chi connectivity index (χ0n) is 21.0. The van der Waals surface area contributed by atoms with E-state index in [1.165, 1.54) is 24.3 Å². The summed E-state index contributed by atoms with van der Waals surface area (Å²) in [5.41, 5.74) is 4.27. The van der Waals surface area contributed by atoms with E-state index in [0.29, 0.717) is 36.6 Å². The Hall–Kier alpha value is -3.97. The zero-order valence-corrected chi connectivity index (χ0v) is 21.0. The average Bonchev–Trinajstić information content (AvgIpc) is 3.47. The van der Waals surface area contributed by atoms with Gasteiger partial charge >= 0.3 is 0 Å². The Labute approximate surface area is 215 Å². The highest BCUT2D eigenvalue weighted by Gasteiger charge is 2.30. The highest BCUT2D eigenvalue weighted by atomic mass is 19.1. The average molecular weight is 500 g/mol. The SMILES string of the molecule is Cc1cccc(Cn2c(C(=O)NC[C@]3(C)CCCO3)cc3cc(NC(=O)c4ccc(F)cc4)ccc32)c1. The van der Waals surface area contributed by atoms with Crippen molar-refractivity contribution in [3.05, 3.63) is 101 Å². The van der Waals surface area contributed by atoms with E-state index in [4.69, 9.17) is 4.74 Å². The monoisotopic (exact) mass is 499 g/mol.